The first-order valence-electron chi connectivity index (χ1n) is 9.62. The van der Waals surface area contributed by atoms with Gasteiger partial charge in [-0.05, 0) is 37.5 Å². The highest BCUT2D eigenvalue weighted by Gasteiger charge is 2.26. The topological polar surface area (TPSA) is 52.5 Å². The van der Waals surface area contributed by atoms with Crippen LogP contribution in [0.2, 0.25) is 0 Å². The molecule has 1 aromatic rings. The van der Waals surface area contributed by atoms with Gasteiger partial charge in [-0.15, -0.1) is 0 Å². The predicted molar refractivity (Wildman–Crippen MR) is 98.5 cm³/mol. The fraction of sp³-hybridized carbons (Fsp3) is 0.789. The molecule has 134 valence electrons. The SMILES string of the molecule is CC(C)CCC1CCN(c2cc(N3CCCC3CO)ncn2)CC1. The molecule has 1 atom stereocenters. The maximum atomic E-state index is 9.54. The maximum absolute atomic E-state index is 9.54. The van der Waals surface area contributed by atoms with Crippen molar-refractivity contribution in [3.8, 4) is 0 Å². The number of aliphatic hydroxyl groups is 1. The monoisotopic (exact) mass is 332 g/mol. The fourth-order valence-electron chi connectivity index (χ4n) is 4.01. The summed E-state index contributed by atoms with van der Waals surface area (Å²) >= 11 is 0. The average Bonchev–Trinajstić information content (AvgIpc) is 3.09. The lowest BCUT2D eigenvalue weighted by atomic mass is 9.90. The largest absolute Gasteiger partial charge is 0.394 e. The van der Waals surface area contributed by atoms with Crippen LogP contribution in [0.4, 0.5) is 11.6 Å². The van der Waals surface area contributed by atoms with Gasteiger partial charge >= 0.3 is 0 Å². The van der Waals surface area contributed by atoms with Crippen molar-refractivity contribution >= 4 is 11.6 Å². The van der Waals surface area contributed by atoms with E-state index in [2.05, 4.69) is 39.7 Å². The second kappa shape index (κ2) is 8.15. The summed E-state index contributed by atoms with van der Waals surface area (Å²) in [5, 5.41) is 9.54. The van der Waals surface area contributed by atoms with Crippen LogP contribution in [0.5, 0.6) is 0 Å². The third-order valence-corrected chi connectivity index (χ3v) is 5.61. The number of piperidine rings is 1. The molecule has 24 heavy (non-hydrogen) atoms. The molecule has 1 aromatic heterocycles. The van der Waals surface area contributed by atoms with Gasteiger partial charge in [0.25, 0.3) is 0 Å². The second-order valence-corrected chi connectivity index (χ2v) is 7.81. The van der Waals surface area contributed by atoms with Crippen LogP contribution in [-0.4, -0.2) is 47.4 Å². The van der Waals surface area contributed by atoms with Crippen molar-refractivity contribution in [1.82, 2.24) is 9.97 Å². The first-order chi connectivity index (χ1) is 11.7. The van der Waals surface area contributed by atoms with Gasteiger partial charge in [-0.25, -0.2) is 9.97 Å². The first kappa shape index (κ1) is 17.5. The molecule has 2 fully saturated rings. The Hall–Kier alpha value is -1.36. The Labute approximate surface area is 146 Å². The van der Waals surface area contributed by atoms with Gasteiger partial charge in [0.15, 0.2) is 0 Å². The van der Waals surface area contributed by atoms with Crippen molar-refractivity contribution < 1.29 is 5.11 Å². The standard InChI is InChI=1S/C19H32N4O/c1-15(2)5-6-16-7-10-22(11-8-16)18-12-19(21-14-20-18)23-9-3-4-17(23)13-24/h12,14-17,24H,3-11,13H2,1-2H3. The highest BCUT2D eigenvalue weighted by molar-refractivity contribution is 5.51. The summed E-state index contributed by atoms with van der Waals surface area (Å²) in [6, 6.07) is 2.33. The number of anilines is 2. The van der Waals surface area contributed by atoms with Crippen LogP contribution in [0.3, 0.4) is 0 Å². The number of rotatable bonds is 6. The quantitative estimate of drug-likeness (QED) is 0.867. The molecule has 5 heteroatoms. The second-order valence-electron chi connectivity index (χ2n) is 7.81. The highest BCUT2D eigenvalue weighted by Crippen LogP contribution is 2.29. The smallest absolute Gasteiger partial charge is 0.134 e. The normalized spacial score (nSPS) is 22.6. The Kier molecular flexibility index (Phi) is 5.93. The van der Waals surface area contributed by atoms with Crippen molar-refractivity contribution in [1.29, 1.82) is 0 Å². The molecule has 3 heterocycles. The summed E-state index contributed by atoms with van der Waals surface area (Å²) in [6.45, 7) is 8.02. The Balaban J connectivity index is 1.59. The molecule has 0 saturated carbocycles. The van der Waals surface area contributed by atoms with E-state index in [1.54, 1.807) is 6.33 Å². The van der Waals surface area contributed by atoms with E-state index in [0.717, 1.165) is 55.9 Å². The molecular weight excluding hydrogens is 300 g/mol. The lowest BCUT2D eigenvalue weighted by molar-refractivity contribution is 0.266. The Morgan fingerprint density at radius 2 is 1.88 bits per heavy atom. The third kappa shape index (κ3) is 4.18. The molecule has 0 spiro atoms. The van der Waals surface area contributed by atoms with E-state index in [4.69, 9.17) is 0 Å². The molecule has 0 radical (unpaired) electrons. The summed E-state index contributed by atoms with van der Waals surface area (Å²) < 4.78 is 0. The van der Waals surface area contributed by atoms with E-state index in [0.29, 0.717) is 0 Å². The zero-order valence-corrected chi connectivity index (χ0v) is 15.2. The molecule has 1 N–H and O–H groups in total. The average molecular weight is 332 g/mol. The molecule has 2 saturated heterocycles. The van der Waals surface area contributed by atoms with E-state index in [9.17, 15) is 5.11 Å². The van der Waals surface area contributed by atoms with E-state index >= 15 is 0 Å². The summed E-state index contributed by atoms with van der Waals surface area (Å²) in [4.78, 5) is 13.6. The van der Waals surface area contributed by atoms with Gasteiger partial charge in [0, 0.05) is 25.7 Å². The van der Waals surface area contributed by atoms with Gasteiger partial charge in [0.2, 0.25) is 0 Å². The number of aromatic nitrogens is 2. The van der Waals surface area contributed by atoms with Crippen LogP contribution in [0.15, 0.2) is 12.4 Å². The van der Waals surface area contributed by atoms with Gasteiger partial charge in [-0.1, -0.05) is 26.7 Å². The van der Waals surface area contributed by atoms with Gasteiger partial charge in [0.1, 0.15) is 18.0 Å². The highest BCUT2D eigenvalue weighted by atomic mass is 16.3. The van der Waals surface area contributed by atoms with Crippen LogP contribution in [0, 0.1) is 11.8 Å². The minimum Gasteiger partial charge on any atom is -0.394 e. The van der Waals surface area contributed by atoms with Crippen molar-refractivity contribution in [3.63, 3.8) is 0 Å². The van der Waals surface area contributed by atoms with E-state index in [-0.39, 0.29) is 12.6 Å². The van der Waals surface area contributed by atoms with Crippen LogP contribution >= 0.6 is 0 Å². The Bertz CT molecular complexity index is 514. The molecule has 0 aromatic carbocycles. The van der Waals surface area contributed by atoms with Gasteiger partial charge < -0.3 is 14.9 Å². The lowest BCUT2D eigenvalue weighted by Gasteiger charge is -2.33. The molecule has 1 unspecified atom stereocenters. The molecule has 0 aliphatic carbocycles. The summed E-state index contributed by atoms with van der Waals surface area (Å²) in [7, 11) is 0. The molecule has 0 bridgehead atoms. The van der Waals surface area contributed by atoms with Crippen LogP contribution in [-0.2, 0) is 0 Å². The number of aliphatic hydroxyl groups excluding tert-OH is 1. The number of hydrogen-bond acceptors (Lipinski definition) is 5. The number of hydrogen-bond donors (Lipinski definition) is 1. The predicted octanol–water partition coefficient (Wildman–Crippen LogP) is 3.09. The maximum Gasteiger partial charge on any atom is 0.134 e. The van der Waals surface area contributed by atoms with Gasteiger partial charge in [-0.3, -0.25) is 0 Å². The molecule has 0 amide bonds. The van der Waals surface area contributed by atoms with Crippen molar-refractivity contribution in [2.45, 2.75) is 58.4 Å². The van der Waals surface area contributed by atoms with Crippen molar-refractivity contribution in [2.75, 3.05) is 36.0 Å². The lowest BCUT2D eigenvalue weighted by Crippen LogP contribution is -2.35. The first-order valence-corrected chi connectivity index (χ1v) is 9.62. The van der Waals surface area contributed by atoms with Crippen molar-refractivity contribution in [2.24, 2.45) is 11.8 Å². The van der Waals surface area contributed by atoms with E-state index in [1.165, 1.54) is 25.7 Å². The van der Waals surface area contributed by atoms with Crippen LogP contribution in [0.1, 0.15) is 52.4 Å². The molecule has 3 rings (SSSR count). The van der Waals surface area contributed by atoms with Crippen LogP contribution < -0.4 is 9.80 Å². The third-order valence-electron chi connectivity index (χ3n) is 5.61. The fourth-order valence-corrected chi connectivity index (χ4v) is 4.01. The van der Waals surface area contributed by atoms with Gasteiger partial charge in [-0.2, -0.15) is 0 Å². The van der Waals surface area contributed by atoms with Crippen molar-refractivity contribution in [3.05, 3.63) is 12.4 Å². The minimum atomic E-state index is 0.209. The van der Waals surface area contributed by atoms with E-state index < -0.39 is 0 Å². The summed E-state index contributed by atoms with van der Waals surface area (Å²) in [5.74, 6) is 3.71. The molecule has 2 aliphatic heterocycles. The van der Waals surface area contributed by atoms with E-state index in [1.807, 2.05) is 0 Å². The molecule has 2 aliphatic rings. The molecular formula is C19H32N4O. The Morgan fingerprint density at radius 3 is 2.58 bits per heavy atom. The summed E-state index contributed by atoms with van der Waals surface area (Å²) in [6.07, 6.45) is 9.13. The zero-order valence-electron chi connectivity index (χ0n) is 15.2. The Morgan fingerprint density at radius 1 is 1.12 bits per heavy atom. The van der Waals surface area contributed by atoms with Gasteiger partial charge in [0.05, 0.1) is 12.6 Å². The minimum absolute atomic E-state index is 0.209. The summed E-state index contributed by atoms with van der Waals surface area (Å²) in [5.41, 5.74) is 0. The van der Waals surface area contributed by atoms with Crippen LogP contribution in [0.25, 0.3) is 0 Å². The number of nitrogens with zero attached hydrogens (tertiary/aromatic N) is 4. The molecule has 5 nitrogen and oxygen atoms in total. The zero-order chi connectivity index (χ0) is 16.9.